The number of aliphatic carboxylic acids is 1. The second kappa shape index (κ2) is 4.25. The van der Waals surface area contributed by atoms with Gasteiger partial charge in [0.05, 0.1) is 5.69 Å². The van der Waals surface area contributed by atoms with Gasteiger partial charge >= 0.3 is 5.97 Å². The Morgan fingerprint density at radius 3 is 2.78 bits per heavy atom. The summed E-state index contributed by atoms with van der Waals surface area (Å²) in [5.74, 6) is -1.19. The van der Waals surface area contributed by atoms with Crippen LogP contribution in [0.4, 0.5) is 4.39 Å². The zero-order chi connectivity index (χ0) is 13.3. The Balaban J connectivity index is 2.40. The van der Waals surface area contributed by atoms with Gasteiger partial charge in [-0.3, -0.25) is 4.79 Å². The lowest BCUT2D eigenvalue weighted by Gasteiger charge is -2.14. The van der Waals surface area contributed by atoms with Gasteiger partial charge in [0.25, 0.3) is 0 Å². The lowest BCUT2D eigenvalue weighted by Crippen LogP contribution is -2.28. The lowest BCUT2D eigenvalue weighted by atomic mass is 9.90. The van der Waals surface area contributed by atoms with E-state index in [1.807, 2.05) is 0 Å². The molecule has 5 heteroatoms. The summed E-state index contributed by atoms with van der Waals surface area (Å²) < 4.78 is 18.3. The molecule has 0 aliphatic rings. The fourth-order valence-corrected chi connectivity index (χ4v) is 1.42. The second-order valence-corrected chi connectivity index (χ2v) is 4.48. The average Bonchev–Trinajstić information content (AvgIpc) is 2.78. The van der Waals surface area contributed by atoms with Gasteiger partial charge in [0, 0.05) is 5.56 Å². The van der Waals surface area contributed by atoms with Crippen LogP contribution in [0, 0.1) is 5.82 Å². The predicted molar refractivity (Wildman–Crippen MR) is 62.6 cm³/mol. The predicted octanol–water partition coefficient (Wildman–Crippen LogP) is 2.84. The number of carboxylic acids is 1. The van der Waals surface area contributed by atoms with Crippen molar-refractivity contribution in [3.05, 3.63) is 42.0 Å². The van der Waals surface area contributed by atoms with Crippen molar-refractivity contribution in [3.8, 4) is 11.5 Å². The van der Waals surface area contributed by atoms with E-state index in [2.05, 4.69) is 4.98 Å². The Morgan fingerprint density at radius 1 is 1.44 bits per heavy atom. The highest BCUT2D eigenvalue weighted by molar-refractivity contribution is 5.79. The van der Waals surface area contributed by atoms with Crippen LogP contribution < -0.4 is 0 Å². The average molecular weight is 249 g/mol. The monoisotopic (exact) mass is 249 g/mol. The third-order valence-corrected chi connectivity index (χ3v) is 2.75. The van der Waals surface area contributed by atoms with Gasteiger partial charge in [-0.2, -0.15) is 0 Å². The topological polar surface area (TPSA) is 63.3 Å². The number of hydrogen-bond acceptors (Lipinski definition) is 3. The number of hydrogen-bond donors (Lipinski definition) is 1. The third kappa shape index (κ3) is 2.11. The number of nitrogens with zero attached hydrogens (tertiary/aromatic N) is 1. The van der Waals surface area contributed by atoms with Crippen LogP contribution in [-0.2, 0) is 10.2 Å². The summed E-state index contributed by atoms with van der Waals surface area (Å²) in [6, 6.07) is 5.78. The molecular formula is C13H12FNO3. The molecule has 0 saturated heterocycles. The first-order chi connectivity index (χ1) is 8.41. The molecular weight excluding hydrogens is 237 g/mol. The van der Waals surface area contributed by atoms with E-state index >= 15 is 0 Å². The third-order valence-electron chi connectivity index (χ3n) is 2.75. The van der Waals surface area contributed by atoms with E-state index in [0.29, 0.717) is 11.3 Å². The number of carboxylic acid groups (broad SMARTS) is 1. The maximum Gasteiger partial charge on any atom is 0.315 e. The SMILES string of the molecule is CC(C)(C(=O)O)c1coc(-c2cccc(F)c2)n1. The van der Waals surface area contributed by atoms with Crippen LogP contribution in [0.15, 0.2) is 34.9 Å². The van der Waals surface area contributed by atoms with Gasteiger partial charge in [0.15, 0.2) is 0 Å². The molecule has 0 saturated carbocycles. The summed E-state index contributed by atoms with van der Waals surface area (Å²) in [5, 5.41) is 9.08. The zero-order valence-corrected chi connectivity index (χ0v) is 9.98. The van der Waals surface area contributed by atoms with Crippen LogP contribution in [0.1, 0.15) is 19.5 Å². The van der Waals surface area contributed by atoms with Crippen molar-refractivity contribution in [3.63, 3.8) is 0 Å². The van der Waals surface area contributed by atoms with Gasteiger partial charge in [-0.15, -0.1) is 0 Å². The smallest absolute Gasteiger partial charge is 0.315 e. The van der Waals surface area contributed by atoms with Crippen molar-refractivity contribution in [1.29, 1.82) is 0 Å². The highest BCUT2D eigenvalue weighted by atomic mass is 19.1. The normalized spacial score (nSPS) is 11.5. The molecule has 1 aromatic heterocycles. The summed E-state index contributed by atoms with van der Waals surface area (Å²) in [6.07, 6.45) is 1.29. The standard InChI is InChI=1S/C13H12FNO3/c1-13(2,12(16)17)10-7-18-11(15-10)8-4-3-5-9(14)6-8/h3-7H,1-2H3,(H,16,17). The van der Waals surface area contributed by atoms with Crippen molar-refractivity contribution in [2.24, 2.45) is 0 Å². The van der Waals surface area contributed by atoms with Crippen molar-refractivity contribution in [1.82, 2.24) is 4.98 Å². The van der Waals surface area contributed by atoms with E-state index in [1.54, 1.807) is 6.07 Å². The summed E-state index contributed by atoms with van der Waals surface area (Å²) in [5.41, 5.74) is -0.369. The molecule has 2 rings (SSSR count). The Kier molecular flexibility index (Phi) is 2.90. The molecule has 0 spiro atoms. The summed E-state index contributed by atoms with van der Waals surface area (Å²) in [6.45, 7) is 3.06. The first-order valence-electron chi connectivity index (χ1n) is 5.36. The summed E-state index contributed by atoms with van der Waals surface area (Å²) in [4.78, 5) is 15.2. The van der Waals surface area contributed by atoms with Crippen LogP contribution in [0.3, 0.4) is 0 Å². The van der Waals surface area contributed by atoms with Crippen molar-refractivity contribution in [2.45, 2.75) is 19.3 Å². The fourth-order valence-electron chi connectivity index (χ4n) is 1.42. The van der Waals surface area contributed by atoms with Crippen molar-refractivity contribution in [2.75, 3.05) is 0 Å². The molecule has 0 radical (unpaired) electrons. The Labute approximate surface area is 103 Å². The van der Waals surface area contributed by atoms with Crippen LogP contribution in [0.5, 0.6) is 0 Å². The van der Waals surface area contributed by atoms with Gasteiger partial charge in [0.2, 0.25) is 5.89 Å². The Bertz CT molecular complexity index is 589. The largest absolute Gasteiger partial charge is 0.481 e. The van der Waals surface area contributed by atoms with Crippen LogP contribution in [0.25, 0.3) is 11.5 Å². The molecule has 1 heterocycles. The van der Waals surface area contributed by atoms with Crippen molar-refractivity contribution >= 4 is 5.97 Å². The number of carbonyl (C=O) groups is 1. The molecule has 0 aliphatic heterocycles. The summed E-state index contributed by atoms with van der Waals surface area (Å²) >= 11 is 0. The van der Waals surface area contributed by atoms with Crippen molar-refractivity contribution < 1.29 is 18.7 Å². The van der Waals surface area contributed by atoms with E-state index in [4.69, 9.17) is 9.52 Å². The number of aromatic nitrogens is 1. The molecule has 94 valence electrons. The minimum absolute atomic E-state index is 0.207. The molecule has 0 unspecified atom stereocenters. The maximum atomic E-state index is 13.1. The van der Waals surface area contributed by atoms with Gasteiger partial charge in [0.1, 0.15) is 17.5 Å². The van der Waals surface area contributed by atoms with Gasteiger partial charge in [-0.05, 0) is 32.0 Å². The maximum absolute atomic E-state index is 13.1. The molecule has 2 aromatic rings. The molecule has 18 heavy (non-hydrogen) atoms. The highest BCUT2D eigenvalue weighted by Crippen LogP contribution is 2.26. The fraction of sp³-hybridized carbons (Fsp3) is 0.231. The zero-order valence-electron chi connectivity index (χ0n) is 9.98. The quantitative estimate of drug-likeness (QED) is 0.908. The molecule has 0 bridgehead atoms. The van der Waals surface area contributed by atoms with Crippen LogP contribution in [-0.4, -0.2) is 16.1 Å². The molecule has 4 nitrogen and oxygen atoms in total. The van der Waals surface area contributed by atoms with Gasteiger partial charge in [-0.1, -0.05) is 6.07 Å². The molecule has 1 aromatic carbocycles. The molecule has 1 N–H and O–H groups in total. The van der Waals surface area contributed by atoms with Gasteiger partial charge in [-0.25, -0.2) is 9.37 Å². The number of halogens is 1. The molecule has 0 amide bonds. The second-order valence-electron chi connectivity index (χ2n) is 4.48. The van der Waals surface area contributed by atoms with E-state index in [0.717, 1.165) is 0 Å². The first kappa shape index (κ1) is 12.3. The van der Waals surface area contributed by atoms with E-state index in [1.165, 1.54) is 38.3 Å². The van der Waals surface area contributed by atoms with E-state index in [9.17, 15) is 9.18 Å². The minimum Gasteiger partial charge on any atom is -0.481 e. The minimum atomic E-state index is -1.14. The van der Waals surface area contributed by atoms with Gasteiger partial charge < -0.3 is 9.52 Å². The molecule has 0 fully saturated rings. The Morgan fingerprint density at radius 2 is 2.17 bits per heavy atom. The lowest BCUT2D eigenvalue weighted by molar-refractivity contribution is -0.142. The van der Waals surface area contributed by atoms with Crippen LogP contribution >= 0.6 is 0 Å². The highest BCUT2D eigenvalue weighted by Gasteiger charge is 2.33. The first-order valence-corrected chi connectivity index (χ1v) is 5.36. The molecule has 0 aliphatic carbocycles. The van der Waals surface area contributed by atoms with E-state index in [-0.39, 0.29) is 5.89 Å². The number of benzene rings is 1. The van der Waals surface area contributed by atoms with Crippen LogP contribution in [0.2, 0.25) is 0 Å². The number of oxazole rings is 1. The molecule has 0 atom stereocenters. The van der Waals surface area contributed by atoms with E-state index < -0.39 is 17.2 Å². The number of rotatable bonds is 3. The summed E-state index contributed by atoms with van der Waals surface area (Å²) in [7, 11) is 0. The Hall–Kier alpha value is -2.17.